The van der Waals surface area contributed by atoms with Gasteiger partial charge in [-0.25, -0.2) is 0 Å². The van der Waals surface area contributed by atoms with Crippen LogP contribution in [0.4, 0.5) is 5.69 Å². The van der Waals surface area contributed by atoms with Crippen LogP contribution >= 0.6 is 12.4 Å². The zero-order valence-corrected chi connectivity index (χ0v) is 9.78. The van der Waals surface area contributed by atoms with Crippen LogP contribution in [0.2, 0.25) is 0 Å². The summed E-state index contributed by atoms with van der Waals surface area (Å²) in [6.45, 7) is 0. The molecule has 2 nitrogen and oxygen atoms in total. The van der Waals surface area contributed by atoms with Gasteiger partial charge in [-0.05, 0) is 42.7 Å². The van der Waals surface area contributed by atoms with Crippen LogP contribution in [0.15, 0.2) is 48.7 Å². The number of pyridine rings is 1. The van der Waals surface area contributed by atoms with Crippen LogP contribution < -0.4 is 5.73 Å². The molecule has 16 heavy (non-hydrogen) atoms. The molecule has 0 spiro atoms. The topological polar surface area (TPSA) is 38.9 Å². The van der Waals surface area contributed by atoms with Crippen molar-refractivity contribution in [3.63, 3.8) is 0 Å². The van der Waals surface area contributed by atoms with Crippen molar-refractivity contribution in [3.8, 4) is 0 Å². The highest BCUT2D eigenvalue weighted by Gasteiger charge is 1.95. The van der Waals surface area contributed by atoms with Crippen LogP contribution in [0.25, 0.3) is 0 Å². The average molecular weight is 235 g/mol. The molecule has 2 N–H and O–H groups in total. The highest BCUT2D eigenvalue weighted by Crippen LogP contribution is 2.08. The fourth-order valence-electron chi connectivity index (χ4n) is 1.50. The van der Waals surface area contributed by atoms with Crippen LogP contribution in [0.1, 0.15) is 11.3 Å². The molecule has 0 aliphatic carbocycles. The normalized spacial score (nSPS) is 9.50. The summed E-state index contributed by atoms with van der Waals surface area (Å²) in [7, 11) is 0. The van der Waals surface area contributed by atoms with Crippen molar-refractivity contribution in [1.29, 1.82) is 0 Å². The van der Waals surface area contributed by atoms with Gasteiger partial charge >= 0.3 is 0 Å². The van der Waals surface area contributed by atoms with Gasteiger partial charge in [0.15, 0.2) is 0 Å². The van der Waals surface area contributed by atoms with E-state index in [0.717, 1.165) is 24.2 Å². The quantitative estimate of drug-likeness (QED) is 0.830. The molecule has 1 aromatic carbocycles. The Bertz CT molecular complexity index is 412. The zero-order chi connectivity index (χ0) is 10.5. The summed E-state index contributed by atoms with van der Waals surface area (Å²) >= 11 is 0. The predicted octanol–water partition coefficient (Wildman–Crippen LogP) is 2.87. The minimum absolute atomic E-state index is 0. The number of hydrogen-bond acceptors (Lipinski definition) is 2. The van der Waals surface area contributed by atoms with E-state index in [0.29, 0.717) is 0 Å². The largest absolute Gasteiger partial charge is 0.399 e. The van der Waals surface area contributed by atoms with Gasteiger partial charge in [-0.15, -0.1) is 12.4 Å². The summed E-state index contributed by atoms with van der Waals surface area (Å²) in [5.41, 5.74) is 8.87. The molecule has 0 aliphatic heterocycles. The standard InChI is InChI=1S/C13H14N2.ClH/c14-12-7-4-11(5-8-12)6-9-13-3-1-2-10-15-13;/h1-5,7-8,10H,6,9,14H2;1H. The van der Waals surface area contributed by atoms with E-state index < -0.39 is 0 Å². The molecule has 0 saturated heterocycles. The zero-order valence-electron chi connectivity index (χ0n) is 8.97. The summed E-state index contributed by atoms with van der Waals surface area (Å²) in [6.07, 6.45) is 3.82. The summed E-state index contributed by atoms with van der Waals surface area (Å²) in [5, 5.41) is 0. The lowest BCUT2D eigenvalue weighted by Crippen LogP contribution is -1.94. The van der Waals surface area contributed by atoms with E-state index >= 15 is 0 Å². The van der Waals surface area contributed by atoms with Gasteiger partial charge in [0, 0.05) is 17.6 Å². The number of aromatic nitrogens is 1. The Hall–Kier alpha value is -1.54. The van der Waals surface area contributed by atoms with Crippen LogP contribution in [0, 0.1) is 0 Å². The molecule has 0 unspecified atom stereocenters. The average Bonchev–Trinajstić information content (AvgIpc) is 2.30. The number of rotatable bonds is 3. The Morgan fingerprint density at radius 1 is 0.938 bits per heavy atom. The maximum atomic E-state index is 5.62. The molecule has 0 atom stereocenters. The van der Waals surface area contributed by atoms with Gasteiger partial charge in [-0.2, -0.15) is 0 Å². The molecule has 2 aromatic rings. The van der Waals surface area contributed by atoms with Crippen molar-refractivity contribution in [2.24, 2.45) is 0 Å². The molecule has 0 bridgehead atoms. The van der Waals surface area contributed by atoms with E-state index in [1.807, 2.05) is 30.5 Å². The first-order chi connectivity index (χ1) is 7.34. The lowest BCUT2D eigenvalue weighted by Gasteiger charge is -2.01. The predicted molar refractivity (Wildman–Crippen MR) is 69.7 cm³/mol. The second-order valence-electron chi connectivity index (χ2n) is 3.56. The number of nitrogens with two attached hydrogens (primary N) is 1. The van der Waals surface area contributed by atoms with Crippen molar-refractivity contribution in [2.45, 2.75) is 12.8 Å². The van der Waals surface area contributed by atoms with Gasteiger partial charge in [0.05, 0.1) is 0 Å². The van der Waals surface area contributed by atoms with Crippen LogP contribution in [-0.4, -0.2) is 4.98 Å². The molecule has 1 aromatic heterocycles. The SMILES string of the molecule is Cl.Nc1ccc(CCc2ccccn2)cc1. The van der Waals surface area contributed by atoms with Gasteiger partial charge in [0.25, 0.3) is 0 Å². The van der Waals surface area contributed by atoms with Gasteiger partial charge in [-0.3, -0.25) is 4.98 Å². The van der Waals surface area contributed by atoms with Crippen molar-refractivity contribution in [3.05, 3.63) is 59.9 Å². The second-order valence-corrected chi connectivity index (χ2v) is 3.56. The third-order valence-corrected chi connectivity index (χ3v) is 2.38. The highest BCUT2D eigenvalue weighted by atomic mass is 35.5. The molecular formula is C13H15ClN2. The van der Waals surface area contributed by atoms with E-state index in [9.17, 15) is 0 Å². The Kier molecular flexibility index (Phi) is 4.80. The maximum absolute atomic E-state index is 5.62. The number of benzene rings is 1. The van der Waals surface area contributed by atoms with Crippen molar-refractivity contribution in [1.82, 2.24) is 4.98 Å². The number of anilines is 1. The fourth-order valence-corrected chi connectivity index (χ4v) is 1.50. The summed E-state index contributed by atoms with van der Waals surface area (Å²) in [6, 6.07) is 14.0. The Labute approximate surface area is 102 Å². The second kappa shape index (κ2) is 6.13. The maximum Gasteiger partial charge on any atom is 0.0406 e. The third kappa shape index (κ3) is 3.55. The van der Waals surface area contributed by atoms with Crippen LogP contribution in [0.3, 0.4) is 0 Å². The van der Waals surface area contributed by atoms with Crippen molar-refractivity contribution < 1.29 is 0 Å². The van der Waals surface area contributed by atoms with Crippen molar-refractivity contribution in [2.75, 3.05) is 5.73 Å². The fraction of sp³-hybridized carbons (Fsp3) is 0.154. The van der Waals surface area contributed by atoms with E-state index in [4.69, 9.17) is 5.73 Å². The molecule has 2 rings (SSSR count). The first-order valence-corrected chi connectivity index (χ1v) is 5.09. The number of hydrogen-bond donors (Lipinski definition) is 1. The smallest absolute Gasteiger partial charge is 0.0406 e. The molecule has 1 heterocycles. The molecule has 0 amide bonds. The van der Waals surface area contributed by atoms with E-state index in [2.05, 4.69) is 23.2 Å². The molecule has 0 saturated carbocycles. The number of halogens is 1. The highest BCUT2D eigenvalue weighted by molar-refractivity contribution is 5.85. The van der Waals surface area contributed by atoms with Crippen molar-refractivity contribution >= 4 is 18.1 Å². The summed E-state index contributed by atoms with van der Waals surface area (Å²) < 4.78 is 0. The minimum atomic E-state index is 0. The van der Waals surface area contributed by atoms with E-state index in [-0.39, 0.29) is 12.4 Å². The lowest BCUT2D eigenvalue weighted by molar-refractivity contribution is 0.914. The number of nitrogens with zero attached hydrogens (tertiary/aromatic N) is 1. The van der Waals surface area contributed by atoms with Gasteiger partial charge < -0.3 is 5.73 Å². The Morgan fingerprint density at radius 3 is 2.31 bits per heavy atom. The molecule has 84 valence electrons. The summed E-state index contributed by atoms with van der Waals surface area (Å²) in [5.74, 6) is 0. The van der Waals surface area contributed by atoms with Crippen LogP contribution in [0.5, 0.6) is 0 Å². The lowest BCUT2D eigenvalue weighted by atomic mass is 10.1. The molecule has 0 radical (unpaired) electrons. The first-order valence-electron chi connectivity index (χ1n) is 5.09. The Morgan fingerprint density at radius 2 is 1.69 bits per heavy atom. The minimum Gasteiger partial charge on any atom is -0.399 e. The molecule has 3 heteroatoms. The molecule has 0 fully saturated rings. The summed E-state index contributed by atoms with van der Waals surface area (Å²) in [4.78, 5) is 4.29. The molecular weight excluding hydrogens is 220 g/mol. The molecule has 0 aliphatic rings. The number of nitrogen functional groups attached to an aromatic ring is 1. The number of aryl methyl sites for hydroxylation is 2. The van der Waals surface area contributed by atoms with Gasteiger partial charge in [0.2, 0.25) is 0 Å². The third-order valence-electron chi connectivity index (χ3n) is 2.38. The van der Waals surface area contributed by atoms with Crippen LogP contribution in [-0.2, 0) is 12.8 Å². The van der Waals surface area contributed by atoms with Gasteiger partial charge in [-0.1, -0.05) is 18.2 Å². The van der Waals surface area contributed by atoms with E-state index in [1.54, 1.807) is 0 Å². The Balaban J connectivity index is 0.00000128. The van der Waals surface area contributed by atoms with Gasteiger partial charge in [0.1, 0.15) is 0 Å². The van der Waals surface area contributed by atoms with E-state index in [1.165, 1.54) is 5.56 Å². The monoisotopic (exact) mass is 234 g/mol. The first kappa shape index (κ1) is 12.5.